The average molecular weight is 420 g/mol. The van der Waals surface area contributed by atoms with Crippen molar-refractivity contribution in [3.63, 3.8) is 0 Å². The molecule has 0 saturated carbocycles. The van der Waals surface area contributed by atoms with E-state index < -0.39 is 0 Å². The molecule has 5 rings (SSSR count). The van der Waals surface area contributed by atoms with Gasteiger partial charge < -0.3 is 14.4 Å². The van der Waals surface area contributed by atoms with Crippen LogP contribution in [0.2, 0.25) is 0 Å². The van der Waals surface area contributed by atoms with Crippen molar-refractivity contribution in [3.05, 3.63) is 48.4 Å². The van der Waals surface area contributed by atoms with Crippen molar-refractivity contribution in [2.24, 2.45) is 0 Å². The highest BCUT2D eigenvalue weighted by molar-refractivity contribution is 7.25. The quantitative estimate of drug-likeness (QED) is 0.471. The first kappa shape index (κ1) is 18.8. The van der Waals surface area contributed by atoms with E-state index in [4.69, 9.17) is 14.5 Å². The van der Waals surface area contributed by atoms with Crippen molar-refractivity contribution in [3.8, 4) is 22.6 Å². The molecule has 1 amide bonds. The molecule has 3 aromatic heterocycles. The predicted molar refractivity (Wildman–Crippen MR) is 118 cm³/mol. The number of thiophene rings is 1. The predicted octanol–water partition coefficient (Wildman–Crippen LogP) is 4.65. The minimum atomic E-state index is 0.199. The van der Waals surface area contributed by atoms with E-state index in [1.807, 2.05) is 41.6 Å². The lowest BCUT2D eigenvalue weighted by Crippen LogP contribution is -2.24. The second-order valence-electron chi connectivity index (χ2n) is 7.30. The second-order valence-corrected chi connectivity index (χ2v) is 8.33. The summed E-state index contributed by atoms with van der Waals surface area (Å²) in [7, 11) is 3.27. The van der Waals surface area contributed by atoms with Crippen molar-refractivity contribution in [1.82, 2.24) is 14.9 Å². The van der Waals surface area contributed by atoms with Gasteiger partial charge in [-0.05, 0) is 41.8 Å². The van der Waals surface area contributed by atoms with Gasteiger partial charge in [-0.2, -0.15) is 0 Å². The number of likely N-dealkylation sites (tertiary alicyclic amines) is 1. The first-order valence-electron chi connectivity index (χ1n) is 9.84. The summed E-state index contributed by atoms with van der Waals surface area (Å²) in [5.74, 6) is 1.57. The van der Waals surface area contributed by atoms with E-state index in [0.29, 0.717) is 24.5 Å². The van der Waals surface area contributed by atoms with Crippen LogP contribution >= 0.6 is 11.3 Å². The summed E-state index contributed by atoms with van der Waals surface area (Å²) >= 11 is 1.63. The Balaban J connectivity index is 1.72. The number of pyridine rings is 2. The number of carbonyl (C=O) groups is 1. The van der Waals surface area contributed by atoms with Crippen molar-refractivity contribution < 1.29 is 14.3 Å². The maximum atomic E-state index is 12.2. The third-order valence-corrected chi connectivity index (χ3v) is 6.55. The van der Waals surface area contributed by atoms with E-state index >= 15 is 0 Å². The van der Waals surface area contributed by atoms with Gasteiger partial charge in [0.15, 0.2) is 11.5 Å². The number of hydrogen-bond acceptors (Lipinski definition) is 6. The van der Waals surface area contributed by atoms with E-state index in [0.717, 1.165) is 50.1 Å². The largest absolute Gasteiger partial charge is 0.493 e. The molecular formula is C23H21N3O3S. The van der Waals surface area contributed by atoms with Gasteiger partial charge in [-0.15, -0.1) is 11.3 Å². The zero-order valence-corrected chi connectivity index (χ0v) is 17.7. The monoisotopic (exact) mass is 419 g/mol. The Kier molecular flexibility index (Phi) is 4.75. The lowest BCUT2D eigenvalue weighted by Gasteiger charge is -2.16. The van der Waals surface area contributed by atoms with Gasteiger partial charge >= 0.3 is 0 Å². The summed E-state index contributed by atoms with van der Waals surface area (Å²) in [5, 5.41) is 2.23. The molecule has 0 bridgehead atoms. The summed E-state index contributed by atoms with van der Waals surface area (Å²) in [6.07, 6.45) is 5.23. The van der Waals surface area contributed by atoms with E-state index in [-0.39, 0.29) is 5.91 Å². The average Bonchev–Trinajstić information content (AvgIpc) is 3.35. The smallest absolute Gasteiger partial charge is 0.222 e. The molecule has 0 N–H and O–H groups in total. The van der Waals surface area contributed by atoms with Crippen LogP contribution in [-0.4, -0.2) is 41.5 Å². The Labute approximate surface area is 178 Å². The van der Waals surface area contributed by atoms with Crippen LogP contribution in [0.1, 0.15) is 18.5 Å². The molecule has 0 spiro atoms. The second kappa shape index (κ2) is 7.57. The number of rotatable bonds is 5. The molecule has 0 aliphatic carbocycles. The summed E-state index contributed by atoms with van der Waals surface area (Å²) in [4.78, 5) is 24.2. The molecule has 1 aliphatic rings. The molecule has 0 atom stereocenters. The molecule has 152 valence electrons. The first-order chi connectivity index (χ1) is 14.7. The van der Waals surface area contributed by atoms with E-state index in [2.05, 4.69) is 11.1 Å². The van der Waals surface area contributed by atoms with Gasteiger partial charge in [0.05, 0.1) is 31.2 Å². The highest BCUT2D eigenvalue weighted by Crippen LogP contribution is 2.41. The molecule has 4 aromatic rings. The molecule has 1 aliphatic heterocycles. The fourth-order valence-electron chi connectivity index (χ4n) is 4.06. The minimum absolute atomic E-state index is 0.199. The van der Waals surface area contributed by atoms with Crippen LogP contribution in [-0.2, 0) is 11.3 Å². The Morgan fingerprint density at radius 2 is 2.00 bits per heavy atom. The van der Waals surface area contributed by atoms with Gasteiger partial charge in [0.1, 0.15) is 4.83 Å². The maximum Gasteiger partial charge on any atom is 0.222 e. The number of carbonyl (C=O) groups excluding carboxylic acids is 1. The Morgan fingerprint density at radius 3 is 2.77 bits per heavy atom. The van der Waals surface area contributed by atoms with Gasteiger partial charge in [-0.1, -0.05) is 6.07 Å². The van der Waals surface area contributed by atoms with Crippen molar-refractivity contribution in [2.45, 2.75) is 19.4 Å². The van der Waals surface area contributed by atoms with Gasteiger partial charge in [0.25, 0.3) is 0 Å². The topological polar surface area (TPSA) is 64.5 Å². The summed E-state index contributed by atoms with van der Waals surface area (Å²) in [5.41, 5.74) is 2.98. The van der Waals surface area contributed by atoms with Gasteiger partial charge in [0.2, 0.25) is 5.91 Å². The van der Waals surface area contributed by atoms with E-state index in [1.165, 1.54) is 0 Å². The molecular weight excluding hydrogens is 398 g/mol. The molecule has 30 heavy (non-hydrogen) atoms. The molecule has 1 saturated heterocycles. The first-order valence-corrected chi connectivity index (χ1v) is 10.7. The summed E-state index contributed by atoms with van der Waals surface area (Å²) < 4.78 is 12.0. The van der Waals surface area contributed by atoms with Crippen molar-refractivity contribution >= 4 is 37.5 Å². The van der Waals surface area contributed by atoms with Crippen LogP contribution in [0.15, 0.2) is 42.7 Å². The maximum absolute atomic E-state index is 12.2. The Hall–Kier alpha value is -3.19. The number of aromatic nitrogens is 2. The number of hydrogen-bond donors (Lipinski definition) is 0. The fraction of sp³-hybridized carbons (Fsp3) is 0.261. The molecule has 1 aromatic carbocycles. The number of amides is 1. The van der Waals surface area contributed by atoms with Crippen LogP contribution in [0, 0.1) is 0 Å². The highest BCUT2D eigenvalue weighted by Gasteiger charge is 2.22. The van der Waals surface area contributed by atoms with Crippen LogP contribution in [0.3, 0.4) is 0 Å². The SMILES string of the molecule is COc1ccc(-c2cc(CN3CCCC3=O)nc3sc4cnccc4c23)cc1OC. The normalized spacial score (nSPS) is 14.1. The zero-order chi connectivity index (χ0) is 20.7. The fourth-order valence-corrected chi connectivity index (χ4v) is 5.14. The molecule has 1 fully saturated rings. The molecule has 4 heterocycles. The van der Waals surface area contributed by atoms with Crippen molar-refractivity contribution in [2.75, 3.05) is 20.8 Å². The van der Waals surface area contributed by atoms with Gasteiger partial charge in [0, 0.05) is 36.1 Å². The van der Waals surface area contributed by atoms with Crippen LogP contribution in [0.4, 0.5) is 0 Å². The standard InChI is InChI=1S/C23H21N3O3S/c1-28-18-6-5-14(10-19(18)29-2)17-11-15(13-26-9-3-4-21(26)27)25-23-22(17)16-7-8-24-12-20(16)30-23/h5-8,10-12H,3-4,9,13H2,1-2H3. The minimum Gasteiger partial charge on any atom is -0.493 e. The van der Waals surface area contributed by atoms with E-state index in [9.17, 15) is 4.79 Å². The third kappa shape index (κ3) is 3.15. The molecule has 7 heteroatoms. The lowest BCUT2D eigenvalue weighted by molar-refractivity contribution is -0.128. The van der Waals surface area contributed by atoms with Gasteiger partial charge in [-0.3, -0.25) is 9.78 Å². The van der Waals surface area contributed by atoms with Gasteiger partial charge in [-0.25, -0.2) is 4.98 Å². The molecule has 0 unspecified atom stereocenters. The summed E-state index contributed by atoms with van der Waals surface area (Å²) in [6.45, 7) is 1.32. The van der Waals surface area contributed by atoms with E-state index in [1.54, 1.807) is 25.6 Å². The number of methoxy groups -OCH3 is 2. The molecule has 0 radical (unpaired) electrons. The van der Waals surface area contributed by atoms with Crippen molar-refractivity contribution in [1.29, 1.82) is 0 Å². The van der Waals surface area contributed by atoms with Crippen LogP contribution in [0.5, 0.6) is 11.5 Å². The Bertz CT molecular complexity index is 1270. The number of nitrogens with zero attached hydrogens (tertiary/aromatic N) is 3. The number of benzene rings is 1. The van der Waals surface area contributed by atoms with Crippen LogP contribution < -0.4 is 9.47 Å². The van der Waals surface area contributed by atoms with Crippen LogP contribution in [0.25, 0.3) is 31.4 Å². The number of fused-ring (bicyclic) bond motifs is 3. The summed E-state index contributed by atoms with van der Waals surface area (Å²) in [6, 6.07) is 10.1. The number of ether oxygens (including phenoxy) is 2. The third-order valence-electron chi connectivity index (χ3n) is 5.52. The lowest BCUT2D eigenvalue weighted by atomic mass is 10.00. The zero-order valence-electron chi connectivity index (χ0n) is 16.8. The molecule has 6 nitrogen and oxygen atoms in total. The Morgan fingerprint density at radius 1 is 1.13 bits per heavy atom. The highest BCUT2D eigenvalue weighted by atomic mass is 32.1.